The Bertz CT molecular complexity index is 800. The van der Waals surface area contributed by atoms with Crippen molar-refractivity contribution >= 4 is 17.3 Å². The number of fused-ring (bicyclic) bond motifs is 1. The molecule has 2 aliphatic rings. The summed E-state index contributed by atoms with van der Waals surface area (Å²) in [6, 6.07) is 11.3. The minimum absolute atomic E-state index is 0.166. The average Bonchev–Trinajstić information content (AvgIpc) is 3.12. The molecular weight excluding hydrogens is 320 g/mol. The fraction of sp³-hybridized carbons (Fsp3) is 0.316. The van der Waals surface area contributed by atoms with Gasteiger partial charge >= 0.3 is 0 Å². The standard InChI is InChI=1S/C19H20N2O4/c1-13-2-4-15(21-6-8-23-9-7-21)11-16(13)20-19(22)14-3-5-17-18(10-14)25-12-24-17/h2-5,10-11H,6-9,12H2,1H3,(H,20,22). The molecule has 0 bridgehead atoms. The molecule has 0 aliphatic carbocycles. The Labute approximate surface area is 146 Å². The van der Waals surface area contributed by atoms with Gasteiger partial charge in [0.05, 0.1) is 13.2 Å². The van der Waals surface area contributed by atoms with Crippen molar-refractivity contribution in [2.45, 2.75) is 6.92 Å². The monoisotopic (exact) mass is 340 g/mol. The lowest BCUT2D eigenvalue weighted by atomic mass is 10.1. The number of nitrogens with one attached hydrogen (secondary N) is 1. The van der Waals surface area contributed by atoms with E-state index in [1.807, 2.05) is 19.1 Å². The molecule has 0 atom stereocenters. The quantitative estimate of drug-likeness (QED) is 0.931. The number of nitrogens with zero attached hydrogens (tertiary/aromatic N) is 1. The number of rotatable bonds is 3. The minimum atomic E-state index is -0.166. The Morgan fingerprint density at radius 2 is 1.84 bits per heavy atom. The molecule has 4 rings (SSSR count). The van der Waals surface area contributed by atoms with Gasteiger partial charge in [0.15, 0.2) is 11.5 Å². The maximum absolute atomic E-state index is 12.6. The van der Waals surface area contributed by atoms with E-state index in [1.165, 1.54) is 0 Å². The van der Waals surface area contributed by atoms with Crippen LogP contribution >= 0.6 is 0 Å². The molecule has 2 heterocycles. The van der Waals surface area contributed by atoms with Gasteiger partial charge in [-0.3, -0.25) is 4.79 Å². The Morgan fingerprint density at radius 1 is 1.04 bits per heavy atom. The van der Waals surface area contributed by atoms with E-state index in [4.69, 9.17) is 14.2 Å². The lowest BCUT2D eigenvalue weighted by molar-refractivity contribution is 0.102. The molecule has 130 valence electrons. The summed E-state index contributed by atoms with van der Waals surface area (Å²) < 4.78 is 16.0. The molecule has 0 radical (unpaired) electrons. The summed E-state index contributed by atoms with van der Waals surface area (Å²) >= 11 is 0. The maximum Gasteiger partial charge on any atom is 0.255 e. The second-order valence-electron chi connectivity index (χ2n) is 6.12. The zero-order valence-electron chi connectivity index (χ0n) is 14.1. The highest BCUT2D eigenvalue weighted by Crippen LogP contribution is 2.33. The van der Waals surface area contributed by atoms with E-state index < -0.39 is 0 Å². The second-order valence-corrected chi connectivity index (χ2v) is 6.12. The lowest BCUT2D eigenvalue weighted by Gasteiger charge is -2.29. The summed E-state index contributed by atoms with van der Waals surface area (Å²) in [6.07, 6.45) is 0. The molecule has 0 aromatic heterocycles. The third-order valence-electron chi connectivity index (χ3n) is 4.48. The van der Waals surface area contributed by atoms with Crippen molar-refractivity contribution in [1.29, 1.82) is 0 Å². The Balaban J connectivity index is 1.54. The molecule has 6 nitrogen and oxygen atoms in total. The van der Waals surface area contributed by atoms with E-state index in [2.05, 4.69) is 16.3 Å². The topological polar surface area (TPSA) is 60.0 Å². The number of hydrogen-bond donors (Lipinski definition) is 1. The van der Waals surface area contributed by atoms with E-state index >= 15 is 0 Å². The zero-order chi connectivity index (χ0) is 17.2. The number of amides is 1. The van der Waals surface area contributed by atoms with Gasteiger partial charge in [0.25, 0.3) is 5.91 Å². The third-order valence-corrected chi connectivity index (χ3v) is 4.48. The number of ether oxygens (including phenoxy) is 3. The molecule has 1 N–H and O–H groups in total. The van der Waals surface area contributed by atoms with Crippen molar-refractivity contribution in [3.05, 3.63) is 47.5 Å². The van der Waals surface area contributed by atoms with Gasteiger partial charge in [0.2, 0.25) is 6.79 Å². The Hall–Kier alpha value is -2.73. The van der Waals surface area contributed by atoms with Gasteiger partial charge in [0, 0.05) is 30.0 Å². The summed E-state index contributed by atoms with van der Waals surface area (Å²) in [6.45, 7) is 5.36. The highest BCUT2D eigenvalue weighted by Gasteiger charge is 2.17. The predicted octanol–water partition coefficient (Wildman–Crippen LogP) is 2.81. The van der Waals surface area contributed by atoms with Crippen LogP contribution in [-0.4, -0.2) is 39.0 Å². The van der Waals surface area contributed by atoms with Gasteiger partial charge in [-0.2, -0.15) is 0 Å². The summed E-state index contributed by atoms with van der Waals surface area (Å²) in [7, 11) is 0. The van der Waals surface area contributed by atoms with Gasteiger partial charge < -0.3 is 24.4 Å². The highest BCUT2D eigenvalue weighted by atomic mass is 16.7. The molecule has 6 heteroatoms. The van der Waals surface area contributed by atoms with Crippen LogP contribution in [0.4, 0.5) is 11.4 Å². The largest absolute Gasteiger partial charge is 0.454 e. The number of benzene rings is 2. The van der Waals surface area contributed by atoms with Crippen molar-refractivity contribution in [3.63, 3.8) is 0 Å². The molecule has 0 spiro atoms. The fourth-order valence-corrected chi connectivity index (χ4v) is 3.00. The van der Waals surface area contributed by atoms with E-state index in [0.29, 0.717) is 17.1 Å². The fourth-order valence-electron chi connectivity index (χ4n) is 3.00. The van der Waals surface area contributed by atoms with Crippen LogP contribution in [0.25, 0.3) is 0 Å². The summed E-state index contributed by atoms with van der Waals surface area (Å²) in [5, 5.41) is 3.00. The van der Waals surface area contributed by atoms with Crippen LogP contribution in [-0.2, 0) is 4.74 Å². The summed E-state index contributed by atoms with van der Waals surface area (Å²) in [4.78, 5) is 14.9. The van der Waals surface area contributed by atoms with E-state index in [9.17, 15) is 4.79 Å². The number of aryl methyl sites for hydroxylation is 1. The van der Waals surface area contributed by atoms with Gasteiger partial charge in [0.1, 0.15) is 0 Å². The molecule has 1 amide bonds. The molecule has 0 unspecified atom stereocenters. The third kappa shape index (κ3) is 3.25. The first-order valence-electron chi connectivity index (χ1n) is 8.35. The first kappa shape index (κ1) is 15.8. The number of carbonyl (C=O) groups excluding carboxylic acids is 1. The number of anilines is 2. The lowest BCUT2D eigenvalue weighted by Crippen LogP contribution is -2.36. The molecule has 2 aromatic rings. The number of carbonyl (C=O) groups is 1. The van der Waals surface area contributed by atoms with E-state index in [-0.39, 0.29) is 12.7 Å². The van der Waals surface area contributed by atoms with Crippen LogP contribution in [0, 0.1) is 6.92 Å². The summed E-state index contributed by atoms with van der Waals surface area (Å²) in [5.74, 6) is 1.11. The normalized spacial score (nSPS) is 16.0. The van der Waals surface area contributed by atoms with Crippen molar-refractivity contribution in [2.75, 3.05) is 43.3 Å². The van der Waals surface area contributed by atoms with Crippen LogP contribution < -0.4 is 19.7 Å². The van der Waals surface area contributed by atoms with Crippen LogP contribution in [0.5, 0.6) is 11.5 Å². The first-order chi connectivity index (χ1) is 12.2. The Morgan fingerprint density at radius 3 is 2.68 bits per heavy atom. The molecule has 1 saturated heterocycles. The molecule has 0 saturated carbocycles. The van der Waals surface area contributed by atoms with Gasteiger partial charge in [-0.25, -0.2) is 0 Å². The SMILES string of the molecule is Cc1ccc(N2CCOCC2)cc1NC(=O)c1ccc2c(c1)OCO2. The zero-order valence-corrected chi connectivity index (χ0v) is 14.1. The van der Waals surface area contributed by atoms with Crippen LogP contribution in [0.15, 0.2) is 36.4 Å². The van der Waals surface area contributed by atoms with Crippen molar-refractivity contribution in [3.8, 4) is 11.5 Å². The second kappa shape index (κ2) is 6.64. The highest BCUT2D eigenvalue weighted by molar-refractivity contribution is 6.05. The molecule has 25 heavy (non-hydrogen) atoms. The first-order valence-corrected chi connectivity index (χ1v) is 8.35. The van der Waals surface area contributed by atoms with Crippen LogP contribution in [0.1, 0.15) is 15.9 Å². The van der Waals surface area contributed by atoms with Crippen molar-refractivity contribution < 1.29 is 19.0 Å². The van der Waals surface area contributed by atoms with Crippen LogP contribution in [0.2, 0.25) is 0 Å². The maximum atomic E-state index is 12.6. The minimum Gasteiger partial charge on any atom is -0.454 e. The van der Waals surface area contributed by atoms with E-state index in [1.54, 1.807) is 18.2 Å². The molecule has 1 fully saturated rings. The van der Waals surface area contributed by atoms with Gasteiger partial charge in [-0.05, 0) is 42.8 Å². The molecule has 2 aromatic carbocycles. The van der Waals surface area contributed by atoms with E-state index in [0.717, 1.165) is 43.2 Å². The smallest absolute Gasteiger partial charge is 0.255 e. The number of morpholine rings is 1. The Kier molecular flexibility index (Phi) is 4.19. The molecule has 2 aliphatic heterocycles. The van der Waals surface area contributed by atoms with Gasteiger partial charge in [-0.15, -0.1) is 0 Å². The average molecular weight is 340 g/mol. The van der Waals surface area contributed by atoms with Crippen LogP contribution in [0.3, 0.4) is 0 Å². The predicted molar refractivity (Wildman–Crippen MR) is 94.7 cm³/mol. The van der Waals surface area contributed by atoms with Crippen molar-refractivity contribution in [2.24, 2.45) is 0 Å². The van der Waals surface area contributed by atoms with Gasteiger partial charge in [-0.1, -0.05) is 6.07 Å². The van der Waals surface area contributed by atoms with Crippen molar-refractivity contribution in [1.82, 2.24) is 0 Å². The number of hydrogen-bond acceptors (Lipinski definition) is 5. The summed E-state index contributed by atoms with van der Waals surface area (Å²) in [5.41, 5.74) is 3.47. The molecular formula is C19H20N2O4.